The number of carbonyl (C=O) groups is 2. The Hall–Kier alpha value is -1.88. The molecule has 0 spiro atoms. The molecule has 0 bridgehead atoms. The number of nitrogens with zero attached hydrogens (tertiary/aromatic N) is 1. The van der Waals surface area contributed by atoms with Crippen LogP contribution in [0.5, 0.6) is 0 Å². The lowest BCUT2D eigenvalue weighted by molar-refractivity contribution is -0.149. The van der Waals surface area contributed by atoms with Gasteiger partial charge >= 0.3 is 11.9 Å². The van der Waals surface area contributed by atoms with E-state index in [0.29, 0.717) is 31.5 Å². The van der Waals surface area contributed by atoms with Crippen LogP contribution in [-0.2, 0) is 9.59 Å². The molecule has 102 valence electrons. The number of rotatable bonds is 4. The van der Waals surface area contributed by atoms with E-state index in [9.17, 15) is 14.7 Å². The smallest absolute Gasteiger partial charge is 0.325 e. The molecule has 1 fully saturated rings. The van der Waals surface area contributed by atoms with E-state index in [1.807, 2.05) is 6.07 Å². The second-order valence-corrected chi connectivity index (χ2v) is 4.82. The molecule has 0 amide bonds. The number of aliphatic carboxylic acids is 2. The minimum Gasteiger partial charge on any atom is -0.481 e. The molecule has 5 nitrogen and oxygen atoms in total. The SMILES string of the molecule is O=C(O)[C@H]1CCCN([C@H](C(=O)O)c2ccccc2)C1. The molecule has 0 saturated carbocycles. The number of benzene rings is 1. The number of carboxylic acid groups (broad SMARTS) is 2. The Bertz CT molecular complexity index is 460. The summed E-state index contributed by atoms with van der Waals surface area (Å²) in [6.07, 6.45) is 1.33. The van der Waals surface area contributed by atoms with Gasteiger partial charge < -0.3 is 10.2 Å². The van der Waals surface area contributed by atoms with E-state index < -0.39 is 23.9 Å². The molecule has 0 unspecified atom stereocenters. The van der Waals surface area contributed by atoms with Gasteiger partial charge in [0.1, 0.15) is 6.04 Å². The number of carboxylic acids is 2. The maximum atomic E-state index is 11.5. The number of likely N-dealkylation sites (tertiary alicyclic amines) is 1. The summed E-state index contributed by atoms with van der Waals surface area (Å²) in [4.78, 5) is 24.3. The zero-order chi connectivity index (χ0) is 13.8. The summed E-state index contributed by atoms with van der Waals surface area (Å²) in [5.74, 6) is -2.25. The first-order valence-electron chi connectivity index (χ1n) is 6.34. The number of hydrogen-bond donors (Lipinski definition) is 2. The van der Waals surface area contributed by atoms with E-state index in [2.05, 4.69) is 0 Å². The molecule has 5 heteroatoms. The van der Waals surface area contributed by atoms with Gasteiger partial charge in [0.2, 0.25) is 0 Å². The van der Waals surface area contributed by atoms with Crippen molar-refractivity contribution in [2.24, 2.45) is 5.92 Å². The van der Waals surface area contributed by atoms with Gasteiger partial charge in [0.15, 0.2) is 0 Å². The van der Waals surface area contributed by atoms with Crippen LogP contribution in [0.2, 0.25) is 0 Å². The van der Waals surface area contributed by atoms with Crippen molar-refractivity contribution >= 4 is 11.9 Å². The van der Waals surface area contributed by atoms with Gasteiger partial charge in [-0.2, -0.15) is 0 Å². The summed E-state index contributed by atoms with van der Waals surface area (Å²) in [6.45, 7) is 0.914. The van der Waals surface area contributed by atoms with Crippen LogP contribution >= 0.6 is 0 Å². The van der Waals surface area contributed by atoms with Crippen molar-refractivity contribution in [1.29, 1.82) is 0 Å². The molecule has 0 aliphatic carbocycles. The van der Waals surface area contributed by atoms with Crippen molar-refractivity contribution in [3.63, 3.8) is 0 Å². The van der Waals surface area contributed by atoms with Gasteiger partial charge in [-0.25, -0.2) is 0 Å². The van der Waals surface area contributed by atoms with Gasteiger partial charge in [-0.05, 0) is 24.9 Å². The fraction of sp³-hybridized carbons (Fsp3) is 0.429. The zero-order valence-electron chi connectivity index (χ0n) is 10.5. The Morgan fingerprint density at radius 2 is 1.89 bits per heavy atom. The minimum absolute atomic E-state index is 0.293. The molecule has 1 aliphatic heterocycles. The van der Waals surface area contributed by atoms with Crippen LogP contribution in [0.4, 0.5) is 0 Å². The standard InChI is InChI=1S/C14H17NO4/c16-13(17)11-7-4-8-15(9-11)12(14(18)19)10-5-2-1-3-6-10/h1-3,5-6,11-12H,4,7-9H2,(H,16,17)(H,18,19)/t11-,12-/m0/s1. The molecule has 1 aromatic carbocycles. The highest BCUT2D eigenvalue weighted by Gasteiger charge is 2.33. The highest BCUT2D eigenvalue weighted by molar-refractivity contribution is 5.76. The molecule has 1 aromatic rings. The first-order valence-corrected chi connectivity index (χ1v) is 6.34. The predicted molar refractivity (Wildman–Crippen MR) is 68.8 cm³/mol. The highest BCUT2D eigenvalue weighted by Crippen LogP contribution is 2.27. The van der Waals surface area contributed by atoms with E-state index in [-0.39, 0.29) is 0 Å². The third-order valence-corrected chi connectivity index (χ3v) is 3.52. The lowest BCUT2D eigenvalue weighted by Crippen LogP contribution is -2.43. The van der Waals surface area contributed by atoms with Gasteiger partial charge in [0.05, 0.1) is 5.92 Å². The van der Waals surface area contributed by atoms with Crippen molar-refractivity contribution in [3.05, 3.63) is 35.9 Å². The maximum absolute atomic E-state index is 11.5. The minimum atomic E-state index is -0.933. The first-order chi connectivity index (χ1) is 9.09. The molecule has 0 radical (unpaired) electrons. The molecule has 1 heterocycles. The quantitative estimate of drug-likeness (QED) is 0.863. The van der Waals surface area contributed by atoms with Gasteiger partial charge in [-0.15, -0.1) is 0 Å². The fourth-order valence-electron chi connectivity index (χ4n) is 2.59. The summed E-state index contributed by atoms with van der Waals surface area (Å²) >= 11 is 0. The Balaban J connectivity index is 2.20. The number of piperidine rings is 1. The average Bonchev–Trinajstić information content (AvgIpc) is 2.40. The van der Waals surface area contributed by atoms with Crippen LogP contribution in [-0.4, -0.2) is 40.1 Å². The van der Waals surface area contributed by atoms with Crippen LogP contribution in [0, 0.1) is 5.92 Å². The van der Waals surface area contributed by atoms with E-state index in [0.717, 1.165) is 0 Å². The Morgan fingerprint density at radius 3 is 2.47 bits per heavy atom. The highest BCUT2D eigenvalue weighted by atomic mass is 16.4. The second kappa shape index (κ2) is 5.84. The molecule has 1 saturated heterocycles. The predicted octanol–water partition coefficient (Wildman–Crippen LogP) is 1.61. The zero-order valence-corrected chi connectivity index (χ0v) is 10.5. The summed E-state index contributed by atoms with van der Waals surface area (Å²) < 4.78 is 0. The van der Waals surface area contributed by atoms with Crippen molar-refractivity contribution in [1.82, 2.24) is 4.90 Å². The molecule has 19 heavy (non-hydrogen) atoms. The average molecular weight is 263 g/mol. The topological polar surface area (TPSA) is 77.8 Å². The van der Waals surface area contributed by atoms with Crippen molar-refractivity contribution in [2.45, 2.75) is 18.9 Å². The monoisotopic (exact) mass is 263 g/mol. The lowest BCUT2D eigenvalue weighted by Gasteiger charge is -2.35. The Labute approximate surface area is 111 Å². The van der Waals surface area contributed by atoms with Gasteiger partial charge in [-0.3, -0.25) is 14.5 Å². The van der Waals surface area contributed by atoms with Crippen LogP contribution < -0.4 is 0 Å². The fourth-order valence-corrected chi connectivity index (χ4v) is 2.59. The summed E-state index contributed by atoms with van der Waals surface area (Å²) in [6, 6.07) is 8.20. The first kappa shape index (κ1) is 13.5. The van der Waals surface area contributed by atoms with E-state index in [1.54, 1.807) is 29.2 Å². The van der Waals surface area contributed by atoms with E-state index >= 15 is 0 Å². The van der Waals surface area contributed by atoms with E-state index in [4.69, 9.17) is 5.11 Å². The van der Waals surface area contributed by atoms with Gasteiger partial charge in [0, 0.05) is 6.54 Å². The largest absolute Gasteiger partial charge is 0.481 e. The normalized spacial score (nSPS) is 21.8. The van der Waals surface area contributed by atoms with Crippen molar-refractivity contribution in [2.75, 3.05) is 13.1 Å². The van der Waals surface area contributed by atoms with Crippen LogP contribution in [0.1, 0.15) is 24.4 Å². The summed E-state index contributed by atoms with van der Waals surface area (Å²) in [5, 5.41) is 18.5. The number of hydrogen-bond acceptors (Lipinski definition) is 3. The molecule has 1 aliphatic rings. The lowest BCUT2D eigenvalue weighted by atomic mass is 9.95. The molecular weight excluding hydrogens is 246 g/mol. The molecule has 0 aromatic heterocycles. The van der Waals surface area contributed by atoms with Crippen LogP contribution in [0.25, 0.3) is 0 Å². The van der Waals surface area contributed by atoms with Gasteiger partial charge in [0.25, 0.3) is 0 Å². The van der Waals surface area contributed by atoms with Crippen molar-refractivity contribution < 1.29 is 19.8 Å². The molecule has 2 rings (SSSR count). The van der Waals surface area contributed by atoms with Crippen molar-refractivity contribution in [3.8, 4) is 0 Å². The summed E-state index contributed by atoms with van der Waals surface area (Å²) in [7, 11) is 0. The van der Waals surface area contributed by atoms with Crippen LogP contribution in [0.3, 0.4) is 0 Å². The maximum Gasteiger partial charge on any atom is 0.325 e. The third-order valence-electron chi connectivity index (χ3n) is 3.52. The Kier molecular flexibility index (Phi) is 4.16. The van der Waals surface area contributed by atoms with Gasteiger partial charge in [-0.1, -0.05) is 30.3 Å². The molecule has 2 N–H and O–H groups in total. The molecule has 2 atom stereocenters. The molecular formula is C14H17NO4. The van der Waals surface area contributed by atoms with E-state index in [1.165, 1.54) is 0 Å². The third kappa shape index (κ3) is 3.12. The summed E-state index contributed by atoms with van der Waals surface area (Å²) in [5.41, 5.74) is 0.695. The van der Waals surface area contributed by atoms with Crippen LogP contribution in [0.15, 0.2) is 30.3 Å². The Morgan fingerprint density at radius 1 is 1.21 bits per heavy atom. The second-order valence-electron chi connectivity index (χ2n) is 4.82.